The van der Waals surface area contributed by atoms with E-state index in [9.17, 15) is 0 Å². The molecule has 0 atom stereocenters. The highest BCUT2D eigenvalue weighted by Gasteiger charge is 2.11. The van der Waals surface area contributed by atoms with E-state index in [1.165, 1.54) is 11.1 Å². The van der Waals surface area contributed by atoms with Crippen molar-refractivity contribution in [2.45, 2.75) is 25.8 Å². The van der Waals surface area contributed by atoms with Crippen LogP contribution in [0.15, 0.2) is 72.8 Å². The summed E-state index contributed by atoms with van der Waals surface area (Å²) in [6, 6.07) is 24.3. The van der Waals surface area contributed by atoms with Crippen molar-refractivity contribution in [3.8, 4) is 17.2 Å². The van der Waals surface area contributed by atoms with Crippen LogP contribution in [0, 0.1) is 0 Å². The van der Waals surface area contributed by atoms with Gasteiger partial charge >= 0.3 is 0 Å². The summed E-state index contributed by atoms with van der Waals surface area (Å²) in [4.78, 5) is 4.90. The molecule has 31 heavy (non-hydrogen) atoms. The van der Waals surface area contributed by atoms with Crippen LogP contribution in [-0.2, 0) is 13.0 Å². The van der Waals surface area contributed by atoms with Crippen molar-refractivity contribution in [3.05, 3.63) is 84.2 Å². The van der Waals surface area contributed by atoms with Crippen LogP contribution in [0.3, 0.4) is 0 Å². The number of aromatic nitrogens is 2. The molecule has 0 fully saturated rings. The first-order valence-corrected chi connectivity index (χ1v) is 10.6. The predicted molar refractivity (Wildman–Crippen MR) is 123 cm³/mol. The maximum absolute atomic E-state index is 5.92. The van der Waals surface area contributed by atoms with Crippen molar-refractivity contribution < 1.29 is 14.2 Å². The Hall–Kier alpha value is -3.47. The van der Waals surface area contributed by atoms with E-state index in [1.54, 1.807) is 14.2 Å². The number of hydrogen-bond donors (Lipinski definition) is 0. The number of benzene rings is 3. The van der Waals surface area contributed by atoms with Gasteiger partial charge in [0.15, 0.2) is 11.5 Å². The lowest BCUT2D eigenvalue weighted by Gasteiger charge is -2.12. The van der Waals surface area contributed by atoms with Gasteiger partial charge < -0.3 is 18.8 Å². The number of nitrogens with zero attached hydrogens (tertiary/aromatic N) is 2. The molecule has 3 aromatic carbocycles. The van der Waals surface area contributed by atoms with Crippen molar-refractivity contribution in [2.24, 2.45) is 0 Å². The molecule has 1 heterocycles. The Morgan fingerprint density at radius 3 is 2.29 bits per heavy atom. The zero-order valence-electron chi connectivity index (χ0n) is 18.1. The summed E-state index contributed by atoms with van der Waals surface area (Å²) < 4.78 is 18.9. The molecular formula is C26H28N2O3. The lowest BCUT2D eigenvalue weighted by molar-refractivity contribution is 0.284. The minimum atomic E-state index is 0.654. The van der Waals surface area contributed by atoms with Gasteiger partial charge in [0.05, 0.1) is 31.9 Å². The van der Waals surface area contributed by atoms with Crippen LogP contribution >= 0.6 is 0 Å². The molecule has 0 aliphatic heterocycles. The number of imidazole rings is 1. The first-order chi connectivity index (χ1) is 15.3. The highest BCUT2D eigenvalue weighted by molar-refractivity contribution is 5.76. The molecular weight excluding hydrogens is 388 g/mol. The Morgan fingerprint density at radius 1 is 0.774 bits per heavy atom. The highest BCUT2D eigenvalue weighted by atomic mass is 16.5. The molecule has 0 unspecified atom stereocenters. The normalized spacial score (nSPS) is 10.9. The Kier molecular flexibility index (Phi) is 6.72. The van der Waals surface area contributed by atoms with Gasteiger partial charge in [0.1, 0.15) is 11.6 Å². The Balaban J connectivity index is 1.42. The van der Waals surface area contributed by atoms with Crippen LogP contribution in [-0.4, -0.2) is 30.4 Å². The van der Waals surface area contributed by atoms with Crippen LogP contribution in [0.4, 0.5) is 0 Å². The maximum atomic E-state index is 5.92. The molecule has 0 aliphatic carbocycles. The Labute approximate surface area is 183 Å². The molecule has 0 aliphatic rings. The van der Waals surface area contributed by atoms with Crippen LogP contribution in [0.1, 0.15) is 24.2 Å². The number of aryl methyl sites for hydroxylation is 1. The summed E-state index contributed by atoms with van der Waals surface area (Å²) in [6.07, 6.45) is 2.74. The Morgan fingerprint density at radius 2 is 1.52 bits per heavy atom. The molecule has 4 rings (SSSR count). The quantitative estimate of drug-likeness (QED) is 0.320. The molecule has 0 saturated carbocycles. The number of unbranched alkanes of at least 4 members (excludes halogenated alkanes) is 1. The number of ether oxygens (including phenoxy) is 3. The Bertz CT molecular complexity index is 1120. The van der Waals surface area contributed by atoms with Gasteiger partial charge in [0.25, 0.3) is 0 Å². The lowest BCUT2D eigenvalue weighted by Crippen LogP contribution is -2.07. The number of para-hydroxylation sites is 4. The lowest BCUT2D eigenvalue weighted by atomic mass is 10.1. The fourth-order valence-electron chi connectivity index (χ4n) is 3.73. The summed E-state index contributed by atoms with van der Waals surface area (Å²) in [5.74, 6) is 3.51. The number of hydrogen-bond acceptors (Lipinski definition) is 4. The third kappa shape index (κ3) is 5.00. The van der Waals surface area contributed by atoms with Gasteiger partial charge in [-0.1, -0.05) is 36.4 Å². The fourth-order valence-corrected chi connectivity index (χ4v) is 3.73. The second-order valence-electron chi connectivity index (χ2n) is 7.40. The van der Waals surface area contributed by atoms with Gasteiger partial charge in [-0.2, -0.15) is 0 Å². The second kappa shape index (κ2) is 10.0. The van der Waals surface area contributed by atoms with E-state index < -0.39 is 0 Å². The molecule has 0 saturated heterocycles. The first kappa shape index (κ1) is 20.8. The maximum Gasteiger partial charge on any atom is 0.161 e. The highest BCUT2D eigenvalue weighted by Crippen LogP contribution is 2.26. The number of methoxy groups -OCH3 is 2. The zero-order chi connectivity index (χ0) is 21.5. The predicted octanol–water partition coefficient (Wildman–Crippen LogP) is 5.50. The van der Waals surface area contributed by atoms with Gasteiger partial charge in [-0.3, -0.25) is 0 Å². The average molecular weight is 417 g/mol. The minimum Gasteiger partial charge on any atom is -0.497 e. The molecule has 0 bridgehead atoms. The van der Waals surface area contributed by atoms with Crippen LogP contribution in [0.25, 0.3) is 11.0 Å². The molecule has 4 aromatic rings. The van der Waals surface area contributed by atoms with Crippen molar-refractivity contribution in [1.82, 2.24) is 9.55 Å². The van der Waals surface area contributed by atoms with E-state index >= 15 is 0 Å². The summed E-state index contributed by atoms with van der Waals surface area (Å²) >= 11 is 0. The molecule has 0 spiro atoms. The largest absolute Gasteiger partial charge is 0.497 e. The third-order valence-electron chi connectivity index (χ3n) is 5.36. The summed E-state index contributed by atoms with van der Waals surface area (Å²) in [7, 11) is 3.35. The fraction of sp³-hybridized carbons (Fsp3) is 0.269. The van der Waals surface area contributed by atoms with E-state index in [-0.39, 0.29) is 0 Å². The van der Waals surface area contributed by atoms with E-state index in [4.69, 9.17) is 19.2 Å². The van der Waals surface area contributed by atoms with Crippen molar-refractivity contribution in [3.63, 3.8) is 0 Å². The van der Waals surface area contributed by atoms with Gasteiger partial charge in [0, 0.05) is 13.0 Å². The molecule has 0 radical (unpaired) electrons. The van der Waals surface area contributed by atoms with Gasteiger partial charge in [0.2, 0.25) is 0 Å². The summed E-state index contributed by atoms with van der Waals surface area (Å²) in [5.41, 5.74) is 3.44. The first-order valence-electron chi connectivity index (χ1n) is 10.6. The molecule has 0 amide bonds. The molecule has 1 aromatic heterocycles. The standard InChI is InChI=1S/C26H28N2O3/c1-29-21-15-13-20(14-16-21)19-26-27-22-9-3-4-10-23(22)28(26)17-7-8-18-31-25-12-6-5-11-24(25)30-2/h3-6,9-16H,7-8,17-19H2,1-2H3. The molecule has 5 heteroatoms. The van der Waals surface area contributed by atoms with E-state index in [0.717, 1.165) is 54.4 Å². The zero-order valence-corrected chi connectivity index (χ0v) is 18.1. The third-order valence-corrected chi connectivity index (χ3v) is 5.36. The average Bonchev–Trinajstić information content (AvgIpc) is 3.16. The minimum absolute atomic E-state index is 0.654. The molecule has 160 valence electrons. The second-order valence-corrected chi connectivity index (χ2v) is 7.40. The molecule has 0 N–H and O–H groups in total. The summed E-state index contributed by atoms with van der Waals surface area (Å²) in [6.45, 7) is 1.56. The smallest absolute Gasteiger partial charge is 0.161 e. The van der Waals surface area contributed by atoms with E-state index in [1.807, 2.05) is 42.5 Å². The van der Waals surface area contributed by atoms with Gasteiger partial charge in [-0.25, -0.2) is 4.98 Å². The van der Waals surface area contributed by atoms with Crippen molar-refractivity contribution in [2.75, 3.05) is 20.8 Å². The van der Waals surface area contributed by atoms with Crippen LogP contribution in [0.2, 0.25) is 0 Å². The molecule has 5 nitrogen and oxygen atoms in total. The SMILES string of the molecule is COc1ccc(Cc2nc3ccccc3n2CCCCOc2ccccc2OC)cc1. The monoisotopic (exact) mass is 416 g/mol. The summed E-state index contributed by atoms with van der Waals surface area (Å²) in [5, 5.41) is 0. The van der Waals surface area contributed by atoms with Crippen molar-refractivity contribution in [1.29, 1.82) is 0 Å². The number of rotatable bonds is 10. The topological polar surface area (TPSA) is 45.5 Å². The van der Waals surface area contributed by atoms with Gasteiger partial charge in [-0.05, 0) is 54.8 Å². The van der Waals surface area contributed by atoms with Crippen LogP contribution < -0.4 is 14.2 Å². The number of fused-ring (bicyclic) bond motifs is 1. The van der Waals surface area contributed by atoms with E-state index in [0.29, 0.717) is 6.61 Å². The van der Waals surface area contributed by atoms with Crippen LogP contribution in [0.5, 0.6) is 17.2 Å². The van der Waals surface area contributed by atoms with Crippen molar-refractivity contribution >= 4 is 11.0 Å². The van der Waals surface area contributed by atoms with E-state index in [2.05, 4.69) is 34.9 Å². The van der Waals surface area contributed by atoms with Gasteiger partial charge in [-0.15, -0.1) is 0 Å².